The molecule has 0 bridgehead atoms. The molecule has 0 fully saturated rings. The molecule has 3 aromatic heterocycles. The van der Waals surface area contributed by atoms with Gasteiger partial charge in [-0.25, -0.2) is 15.0 Å². The van der Waals surface area contributed by atoms with Crippen molar-refractivity contribution >= 4 is 39.2 Å². The molecule has 1 atom stereocenters. The molecule has 0 radical (unpaired) electrons. The number of nitrogens with zero attached hydrogens (tertiary/aromatic N) is 7. The monoisotopic (exact) mass is 482 g/mol. The number of rotatable bonds is 10. The number of fused-ring (bicyclic) bond motifs is 1. The van der Waals surface area contributed by atoms with Crippen LogP contribution in [0, 0.1) is 5.92 Å². The van der Waals surface area contributed by atoms with E-state index in [0.29, 0.717) is 17.3 Å². The third-order valence-corrected chi connectivity index (χ3v) is 7.04. The van der Waals surface area contributed by atoms with Crippen LogP contribution in [0.4, 0.5) is 0 Å². The van der Waals surface area contributed by atoms with Crippen LogP contribution in [0.25, 0.3) is 10.2 Å². The van der Waals surface area contributed by atoms with Crippen molar-refractivity contribution in [2.45, 2.75) is 44.0 Å². The van der Waals surface area contributed by atoms with Crippen LogP contribution in [0.3, 0.4) is 0 Å². The molecule has 0 unspecified atom stereocenters. The Bertz CT molecular complexity index is 1220. The zero-order valence-corrected chi connectivity index (χ0v) is 20.5. The first kappa shape index (κ1) is 23.2. The smallest absolute Gasteiger partial charge is 0.251 e. The van der Waals surface area contributed by atoms with Crippen LogP contribution in [0.5, 0.6) is 0 Å². The second-order valence-electron chi connectivity index (χ2n) is 7.89. The molecule has 0 aliphatic carbocycles. The molecule has 1 aromatic carbocycles. The standard InChI is InChI=1S/C22H26N8OS2/c1-14(4-8-19-23-11-16(32-3)12-24-19)5-9-21-26-17-7-6-15(10-18(17)33-21)22(31)25-13-20-27-29-30(2)28-20/h6-7,10-12,14H,4-5,8-9,13H2,1-3H3,(H,25,31)/t14-/m0/s1. The summed E-state index contributed by atoms with van der Waals surface area (Å²) in [5, 5.41) is 15.6. The maximum atomic E-state index is 12.5. The van der Waals surface area contributed by atoms with Gasteiger partial charge in [0.25, 0.3) is 5.91 Å². The summed E-state index contributed by atoms with van der Waals surface area (Å²) in [6, 6.07) is 5.61. The van der Waals surface area contributed by atoms with Gasteiger partial charge in [0, 0.05) is 29.3 Å². The van der Waals surface area contributed by atoms with Crippen LogP contribution in [0.2, 0.25) is 0 Å². The van der Waals surface area contributed by atoms with Crippen LogP contribution in [-0.2, 0) is 26.4 Å². The summed E-state index contributed by atoms with van der Waals surface area (Å²) in [4.78, 5) is 28.6. The lowest BCUT2D eigenvalue weighted by Crippen LogP contribution is -2.23. The van der Waals surface area contributed by atoms with Crippen LogP contribution >= 0.6 is 23.1 Å². The Balaban J connectivity index is 1.28. The Morgan fingerprint density at radius 2 is 1.97 bits per heavy atom. The first-order valence-corrected chi connectivity index (χ1v) is 12.8. The number of aromatic nitrogens is 7. The van der Waals surface area contributed by atoms with Gasteiger partial charge in [-0.3, -0.25) is 4.79 Å². The van der Waals surface area contributed by atoms with Crippen molar-refractivity contribution in [1.82, 2.24) is 40.5 Å². The number of tetrazole rings is 1. The number of nitrogens with one attached hydrogen (secondary N) is 1. The molecule has 1 N–H and O–H groups in total. The summed E-state index contributed by atoms with van der Waals surface area (Å²) in [5.74, 6) is 1.77. The number of carbonyl (C=O) groups excluding carboxylic acids is 1. The summed E-state index contributed by atoms with van der Waals surface area (Å²) in [6.07, 6.45) is 9.72. The lowest BCUT2D eigenvalue weighted by molar-refractivity contribution is 0.0950. The lowest BCUT2D eigenvalue weighted by Gasteiger charge is -2.09. The molecule has 0 saturated heterocycles. The van der Waals surface area contributed by atoms with E-state index >= 15 is 0 Å². The maximum absolute atomic E-state index is 12.5. The van der Waals surface area contributed by atoms with E-state index < -0.39 is 0 Å². The van der Waals surface area contributed by atoms with E-state index in [1.54, 1.807) is 36.2 Å². The van der Waals surface area contributed by atoms with Crippen molar-refractivity contribution in [1.29, 1.82) is 0 Å². The van der Waals surface area contributed by atoms with Crippen molar-refractivity contribution in [3.05, 3.63) is 52.8 Å². The highest BCUT2D eigenvalue weighted by atomic mass is 32.2. The Labute approximate surface area is 200 Å². The van der Waals surface area contributed by atoms with Crippen LogP contribution < -0.4 is 5.32 Å². The molecule has 0 saturated carbocycles. The number of aryl methyl sites for hydroxylation is 3. The van der Waals surface area contributed by atoms with Crippen molar-refractivity contribution in [2.75, 3.05) is 6.26 Å². The highest BCUT2D eigenvalue weighted by molar-refractivity contribution is 7.98. The molecule has 4 rings (SSSR count). The minimum absolute atomic E-state index is 0.166. The molecule has 0 spiro atoms. The van der Waals surface area contributed by atoms with Crippen molar-refractivity contribution < 1.29 is 4.79 Å². The van der Waals surface area contributed by atoms with Gasteiger partial charge in [-0.05, 0) is 54.8 Å². The van der Waals surface area contributed by atoms with E-state index in [4.69, 9.17) is 4.98 Å². The predicted octanol–water partition coefficient (Wildman–Crippen LogP) is 3.46. The predicted molar refractivity (Wildman–Crippen MR) is 129 cm³/mol. The number of amides is 1. The van der Waals surface area contributed by atoms with Crippen molar-refractivity contribution in [2.24, 2.45) is 13.0 Å². The van der Waals surface area contributed by atoms with Gasteiger partial charge in [0.1, 0.15) is 5.82 Å². The zero-order valence-electron chi connectivity index (χ0n) is 18.9. The lowest BCUT2D eigenvalue weighted by atomic mass is 10.00. The minimum atomic E-state index is -0.166. The SMILES string of the molecule is CSc1cnc(CC[C@H](C)CCc2nc3ccc(C(=O)NCc4nnn(C)n4)cc3s2)nc1. The fourth-order valence-corrected chi connectivity index (χ4v) is 4.68. The van der Waals surface area contributed by atoms with Crippen molar-refractivity contribution in [3.8, 4) is 0 Å². The molecule has 1 amide bonds. The van der Waals surface area contributed by atoms with Gasteiger partial charge in [0.05, 0.1) is 28.8 Å². The summed E-state index contributed by atoms with van der Waals surface area (Å²) >= 11 is 3.30. The van der Waals surface area contributed by atoms with E-state index in [-0.39, 0.29) is 12.5 Å². The molecule has 0 aliphatic rings. The molecular weight excluding hydrogens is 456 g/mol. The highest BCUT2D eigenvalue weighted by Gasteiger charge is 2.12. The topological polar surface area (TPSA) is 111 Å². The van der Waals surface area contributed by atoms with Gasteiger partial charge in [0.2, 0.25) is 0 Å². The Morgan fingerprint density at radius 1 is 1.18 bits per heavy atom. The second-order valence-corrected chi connectivity index (χ2v) is 9.88. The fraction of sp³-hybridized carbons (Fsp3) is 0.409. The Kier molecular flexibility index (Phi) is 7.61. The van der Waals surface area contributed by atoms with E-state index in [2.05, 4.69) is 37.6 Å². The Morgan fingerprint density at radius 3 is 2.70 bits per heavy atom. The summed E-state index contributed by atoms with van der Waals surface area (Å²) in [5.41, 5.74) is 1.53. The number of hydrogen-bond acceptors (Lipinski definition) is 9. The second kappa shape index (κ2) is 10.8. The molecule has 11 heteroatoms. The summed E-state index contributed by atoms with van der Waals surface area (Å²) < 4.78 is 1.02. The van der Waals surface area contributed by atoms with E-state index in [1.807, 2.05) is 30.8 Å². The van der Waals surface area contributed by atoms with Gasteiger partial charge in [-0.15, -0.1) is 33.3 Å². The normalized spacial score (nSPS) is 12.2. The van der Waals surface area contributed by atoms with Gasteiger partial charge < -0.3 is 5.32 Å². The molecule has 33 heavy (non-hydrogen) atoms. The third-order valence-electron chi connectivity index (χ3n) is 5.28. The van der Waals surface area contributed by atoms with E-state index in [1.165, 1.54) is 4.80 Å². The molecule has 0 aliphatic heterocycles. The van der Waals surface area contributed by atoms with Crippen LogP contribution in [0.15, 0.2) is 35.5 Å². The summed E-state index contributed by atoms with van der Waals surface area (Å²) in [7, 11) is 1.69. The van der Waals surface area contributed by atoms with Gasteiger partial charge in [-0.1, -0.05) is 6.92 Å². The molecule has 172 valence electrons. The first-order chi connectivity index (χ1) is 16.0. The van der Waals surface area contributed by atoms with Crippen molar-refractivity contribution in [3.63, 3.8) is 0 Å². The molecule has 3 heterocycles. The average Bonchev–Trinajstić information content (AvgIpc) is 3.44. The number of thioether (sulfide) groups is 1. The van der Waals surface area contributed by atoms with Gasteiger partial charge in [-0.2, -0.15) is 4.80 Å². The number of hydrogen-bond donors (Lipinski definition) is 1. The number of benzene rings is 1. The quantitative estimate of drug-likeness (QED) is 0.342. The van der Waals surface area contributed by atoms with Gasteiger partial charge in [0.15, 0.2) is 5.82 Å². The molecule has 4 aromatic rings. The minimum Gasteiger partial charge on any atom is -0.345 e. The fourth-order valence-electron chi connectivity index (χ4n) is 3.34. The Hall–Kier alpha value is -2.92. The third kappa shape index (κ3) is 6.32. The molecule has 9 nitrogen and oxygen atoms in total. The zero-order chi connectivity index (χ0) is 23.2. The first-order valence-electron chi connectivity index (χ1n) is 10.8. The average molecular weight is 483 g/mol. The largest absolute Gasteiger partial charge is 0.345 e. The number of carbonyl (C=O) groups is 1. The van der Waals surface area contributed by atoms with Crippen LogP contribution in [0.1, 0.15) is 46.8 Å². The highest BCUT2D eigenvalue weighted by Crippen LogP contribution is 2.26. The summed E-state index contributed by atoms with van der Waals surface area (Å²) in [6.45, 7) is 2.50. The van der Waals surface area contributed by atoms with E-state index in [0.717, 1.165) is 51.6 Å². The molecular formula is C22H26N8OS2. The number of thiazole rings is 1. The van der Waals surface area contributed by atoms with E-state index in [9.17, 15) is 4.79 Å². The van der Waals surface area contributed by atoms with Crippen LogP contribution in [-0.4, -0.2) is 47.3 Å². The maximum Gasteiger partial charge on any atom is 0.251 e. The van der Waals surface area contributed by atoms with Gasteiger partial charge >= 0.3 is 0 Å².